The van der Waals surface area contributed by atoms with E-state index >= 15 is 0 Å². The molecule has 0 aliphatic rings. The maximum atomic E-state index is 11.5. The van der Waals surface area contributed by atoms with Gasteiger partial charge < -0.3 is 14.5 Å². The van der Waals surface area contributed by atoms with Crippen molar-refractivity contribution in [2.75, 3.05) is 13.7 Å². The molecule has 0 bridgehead atoms. The number of aromatic nitrogens is 1. The predicted molar refractivity (Wildman–Crippen MR) is 60.8 cm³/mol. The highest BCUT2D eigenvalue weighted by Crippen LogP contribution is 2.25. The molecule has 0 saturated carbocycles. The maximum absolute atomic E-state index is 11.5. The Morgan fingerprint density at radius 3 is 2.94 bits per heavy atom. The molecule has 1 heterocycles. The fraction of sp³-hybridized carbons (Fsp3) is 0.250. The summed E-state index contributed by atoms with van der Waals surface area (Å²) in [5.74, 6) is 0.369. The van der Waals surface area contributed by atoms with Crippen molar-refractivity contribution in [1.29, 1.82) is 0 Å². The predicted octanol–water partition coefficient (Wildman–Crippen LogP) is 2.35. The Morgan fingerprint density at radius 1 is 1.44 bits per heavy atom. The molecule has 0 unspecified atom stereocenters. The maximum Gasteiger partial charge on any atom is 0.354 e. The molecule has 1 aromatic carbocycles. The van der Waals surface area contributed by atoms with E-state index in [1.54, 1.807) is 20.1 Å². The molecule has 0 saturated heterocycles. The second-order valence-electron chi connectivity index (χ2n) is 3.33. The Morgan fingerprint density at radius 2 is 2.25 bits per heavy atom. The molecule has 16 heavy (non-hydrogen) atoms. The SMILES string of the molecule is CCOC(=O)c1cc2cccc(OC)c2[nH]1. The lowest BCUT2D eigenvalue weighted by atomic mass is 10.2. The Balaban J connectivity index is 2.47. The molecule has 0 radical (unpaired) electrons. The minimum Gasteiger partial charge on any atom is -0.495 e. The van der Waals surface area contributed by atoms with Crippen LogP contribution in [0.25, 0.3) is 10.9 Å². The number of ether oxygens (including phenoxy) is 2. The fourth-order valence-corrected chi connectivity index (χ4v) is 1.62. The van der Waals surface area contributed by atoms with Crippen LogP contribution in [0.4, 0.5) is 0 Å². The molecule has 0 aliphatic heterocycles. The van der Waals surface area contributed by atoms with Gasteiger partial charge in [0, 0.05) is 5.39 Å². The third kappa shape index (κ3) is 1.74. The van der Waals surface area contributed by atoms with E-state index in [2.05, 4.69) is 4.98 Å². The van der Waals surface area contributed by atoms with Crippen LogP contribution in [0, 0.1) is 0 Å². The van der Waals surface area contributed by atoms with E-state index in [0.717, 1.165) is 10.9 Å². The van der Waals surface area contributed by atoms with Gasteiger partial charge in [0.1, 0.15) is 11.4 Å². The summed E-state index contributed by atoms with van der Waals surface area (Å²) in [4.78, 5) is 14.5. The van der Waals surface area contributed by atoms with Crippen molar-refractivity contribution < 1.29 is 14.3 Å². The Labute approximate surface area is 93.2 Å². The zero-order chi connectivity index (χ0) is 11.5. The number of hydrogen-bond donors (Lipinski definition) is 1. The van der Waals surface area contributed by atoms with Crippen molar-refractivity contribution >= 4 is 16.9 Å². The number of rotatable bonds is 3. The Bertz CT molecular complexity index is 516. The molecule has 84 valence electrons. The van der Waals surface area contributed by atoms with Crippen molar-refractivity contribution in [1.82, 2.24) is 4.98 Å². The van der Waals surface area contributed by atoms with Crippen LogP contribution >= 0.6 is 0 Å². The quantitative estimate of drug-likeness (QED) is 0.806. The van der Waals surface area contributed by atoms with Crippen LogP contribution in [0.5, 0.6) is 5.75 Å². The van der Waals surface area contributed by atoms with Gasteiger partial charge in [-0.05, 0) is 19.1 Å². The second-order valence-corrected chi connectivity index (χ2v) is 3.33. The number of aromatic amines is 1. The van der Waals surface area contributed by atoms with E-state index < -0.39 is 0 Å². The minimum atomic E-state index is -0.347. The standard InChI is InChI=1S/C12H13NO3/c1-3-16-12(14)9-7-8-5-4-6-10(15-2)11(8)13-9/h4-7,13H,3H2,1-2H3. The molecule has 0 aliphatic carbocycles. The van der Waals surface area contributed by atoms with Gasteiger partial charge in [0.15, 0.2) is 0 Å². The number of fused-ring (bicyclic) bond motifs is 1. The molecule has 0 fully saturated rings. The third-order valence-corrected chi connectivity index (χ3v) is 2.33. The fourth-order valence-electron chi connectivity index (χ4n) is 1.62. The molecule has 0 amide bonds. The number of carbonyl (C=O) groups excluding carboxylic acids is 1. The highest BCUT2D eigenvalue weighted by molar-refractivity contribution is 5.96. The number of benzene rings is 1. The number of carbonyl (C=O) groups is 1. The molecule has 0 spiro atoms. The van der Waals surface area contributed by atoms with Crippen molar-refractivity contribution in [3.8, 4) is 5.75 Å². The van der Waals surface area contributed by atoms with Gasteiger partial charge in [0.05, 0.1) is 19.2 Å². The van der Waals surface area contributed by atoms with Crippen molar-refractivity contribution in [3.05, 3.63) is 30.0 Å². The number of esters is 1. The topological polar surface area (TPSA) is 51.3 Å². The molecular formula is C12H13NO3. The van der Waals surface area contributed by atoms with E-state index in [4.69, 9.17) is 9.47 Å². The van der Waals surface area contributed by atoms with Gasteiger partial charge in [-0.1, -0.05) is 12.1 Å². The first kappa shape index (κ1) is 10.5. The van der Waals surface area contributed by atoms with E-state index in [-0.39, 0.29) is 5.97 Å². The van der Waals surface area contributed by atoms with E-state index in [0.29, 0.717) is 18.1 Å². The largest absolute Gasteiger partial charge is 0.495 e. The lowest BCUT2D eigenvalue weighted by molar-refractivity contribution is 0.0520. The van der Waals surface area contributed by atoms with Crippen LogP contribution in [0.3, 0.4) is 0 Å². The molecule has 2 aromatic rings. The lowest BCUT2D eigenvalue weighted by Crippen LogP contribution is -2.04. The lowest BCUT2D eigenvalue weighted by Gasteiger charge is -2.00. The first-order valence-corrected chi connectivity index (χ1v) is 5.09. The van der Waals surface area contributed by atoms with Crippen molar-refractivity contribution in [2.24, 2.45) is 0 Å². The molecule has 0 atom stereocenters. The highest BCUT2D eigenvalue weighted by Gasteiger charge is 2.12. The van der Waals surface area contributed by atoms with Crippen molar-refractivity contribution in [2.45, 2.75) is 6.92 Å². The van der Waals surface area contributed by atoms with Gasteiger partial charge in [-0.15, -0.1) is 0 Å². The number of methoxy groups -OCH3 is 1. The summed E-state index contributed by atoms with van der Waals surface area (Å²) < 4.78 is 10.1. The zero-order valence-corrected chi connectivity index (χ0v) is 9.24. The summed E-state index contributed by atoms with van der Waals surface area (Å²) in [6, 6.07) is 7.39. The van der Waals surface area contributed by atoms with Crippen LogP contribution in [0.2, 0.25) is 0 Å². The van der Waals surface area contributed by atoms with E-state index in [9.17, 15) is 4.79 Å². The van der Waals surface area contributed by atoms with Crippen LogP contribution < -0.4 is 4.74 Å². The summed E-state index contributed by atoms with van der Waals surface area (Å²) in [5.41, 5.74) is 1.26. The summed E-state index contributed by atoms with van der Waals surface area (Å²) in [6.07, 6.45) is 0. The molecule has 1 N–H and O–H groups in total. The van der Waals surface area contributed by atoms with Gasteiger partial charge in [0.25, 0.3) is 0 Å². The van der Waals surface area contributed by atoms with Gasteiger partial charge in [-0.3, -0.25) is 0 Å². The van der Waals surface area contributed by atoms with Gasteiger partial charge in [-0.2, -0.15) is 0 Å². The monoisotopic (exact) mass is 219 g/mol. The Kier molecular flexibility index (Phi) is 2.81. The number of H-pyrrole nitrogens is 1. The third-order valence-electron chi connectivity index (χ3n) is 2.33. The number of nitrogens with one attached hydrogen (secondary N) is 1. The summed E-state index contributed by atoms with van der Waals surface area (Å²) >= 11 is 0. The minimum absolute atomic E-state index is 0.347. The molecule has 4 nitrogen and oxygen atoms in total. The van der Waals surface area contributed by atoms with Gasteiger partial charge >= 0.3 is 5.97 Å². The van der Waals surface area contributed by atoms with Crippen LogP contribution in [0.1, 0.15) is 17.4 Å². The summed E-state index contributed by atoms with van der Waals surface area (Å²) in [7, 11) is 1.60. The summed E-state index contributed by atoms with van der Waals surface area (Å²) in [6.45, 7) is 2.15. The first-order chi connectivity index (χ1) is 7.76. The zero-order valence-electron chi connectivity index (χ0n) is 9.24. The molecule has 4 heteroatoms. The second kappa shape index (κ2) is 4.26. The Hall–Kier alpha value is -1.97. The van der Waals surface area contributed by atoms with Gasteiger partial charge in [-0.25, -0.2) is 4.79 Å². The number of hydrogen-bond acceptors (Lipinski definition) is 3. The molecule has 2 rings (SSSR count). The van der Waals surface area contributed by atoms with E-state index in [1.807, 2.05) is 18.2 Å². The van der Waals surface area contributed by atoms with E-state index in [1.165, 1.54) is 0 Å². The summed E-state index contributed by atoms with van der Waals surface area (Å²) in [5, 5.41) is 0.933. The number of para-hydroxylation sites is 1. The highest BCUT2D eigenvalue weighted by atomic mass is 16.5. The van der Waals surface area contributed by atoms with Crippen LogP contribution in [-0.2, 0) is 4.74 Å². The van der Waals surface area contributed by atoms with Crippen LogP contribution in [-0.4, -0.2) is 24.7 Å². The average molecular weight is 219 g/mol. The van der Waals surface area contributed by atoms with Crippen molar-refractivity contribution in [3.63, 3.8) is 0 Å². The molecular weight excluding hydrogens is 206 g/mol. The average Bonchev–Trinajstić information content (AvgIpc) is 2.72. The van der Waals surface area contributed by atoms with Gasteiger partial charge in [0.2, 0.25) is 0 Å². The smallest absolute Gasteiger partial charge is 0.354 e. The van der Waals surface area contributed by atoms with Crippen LogP contribution in [0.15, 0.2) is 24.3 Å². The molecule has 1 aromatic heterocycles. The normalized spacial score (nSPS) is 10.4. The first-order valence-electron chi connectivity index (χ1n) is 5.09.